The minimum atomic E-state index is -0.540. The van der Waals surface area contributed by atoms with Crippen LogP contribution in [0.4, 0.5) is 4.39 Å². The lowest BCUT2D eigenvalue weighted by molar-refractivity contribution is 0.0529. The van der Waals surface area contributed by atoms with Gasteiger partial charge in [0.05, 0.1) is 29.1 Å². The summed E-state index contributed by atoms with van der Waals surface area (Å²) < 4.78 is 20.0. The van der Waals surface area contributed by atoms with Crippen molar-refractivity contribution in [1.82, 2.24) is 9.38 Å². The number of carbonyl (C=O) groups excluding carboxylic acids is 2. The van der Waals surface area contributed by atoms with Crippen molar-refractivity contribution >= 4 is 28.9 Å². The first kappa shape index (κ1) is 19.8. The number of rotatable bonds is 5. The molecule has 2 aromatic carbocycles. The topological polar surface area (TPSA) is 60.7 Å². The largest absolute Gasteiger partial charge is 0.462 e. The van der Waals surface area contributed by atoms with Crippen molar-refractivity contribution in [2.45, 2.75) is 6.92 Å². The predicted molar refractivity (Wildman–Crippen MR) is 111 cm³/mol. The number of benzene rings is 2. The zero-order valence-electron chi connectivity index (χ0n) is 15.9. The molecule has 7 heteroatoms. The number of ketones is 1. The lowest BCUT2D eigenvalue weighted by atomic mass is 10.1. The van der Waals surface area contributed by atoms with Crippen LogP contribution in [0.1, 0.15) is 33.3 Å². The Hall–Kier alpha value is -3.51. The molecule has 2 heterocycles. The van der Waals surface area contributed by atoms with Gasteiger partial charge in [-0.15, -0.1) is 0 Å². The summed E-state index contributed by atoms with van der Waals surface area (Å²) in [5.74, 6) is -1.18. The summed E-state index contributed by atoms with van der Waals surface area (Å²) in [5.41, 5.74) is 2.64. The van der Waals surface area contributed by atoms with Gasteiger partial charge in [-0.1, -0.05) is 11.6 Å². The Morgan fingerprint density at radius 1 is 1.07 bits per heavy atom. The molecule has 0 spiro atoms. The third-order valence-electron chi connectivity index (χ3n) is 4.64. The highest BCUT2D eigenvalue weighted by Gasteiger charge is 2.22. The first-order valence-corrected chi connectivity index (χ1v) is 9.60. The van der Waals surface area contributed by atoms with E-state index in [0.717, 1.165) is 0 Å². The summed E-state index contributed by atoms with van der Waals surface area (Å²) in [7, 11) is 0. The maximum Gasteiger partial charge on any atom is 0.340 e. The summed E-state index contributed by atoms with van der Waals surface area (Å²) in [5, 5.41) is 0.518. The van der Waals surface area contributed by atoms with Crippen molar-refractivity contribution in [1.29, 1.82) is 0 Å². The van der Waals surface area contributed by atoms with Crippen molar-refractivity contribution in [2.24, 2.45) is 0 Å². The number of ether oxygens (including phenoxy) is 1. The lowest BCUT2D eigenvalue weighted by Gasteiger charge is -2.06. The standard InChI is InChI=1S/C23H16ClFN2O3/c1-2-30-23(29)18-11-21(22(28)15-3-7-16(24)8-4-15)27-13-26-19(12-20(18)27)14-5-9-17(25)10-6-14/h3-13H,2H2,1H3. The molecular weight excluding hydrogens is 407 g/mol. The number of nitrogens with zero attached hydrogens (tertiary/aromatic N) is 2. The molecule has 0 saturated carbocycles. The first-order valence-electron chi connectivity index (χ1n) is 9.22. The van der Waals surface area contributed by atoms with Crippen LogP contribution in [0.3, 0.4) is 0 Å². The number of fused-ring (bicyclic) bond motifs is 1. The van der Waals surface area contributed by atoms with Crippen molar-refractivity contribution in [3.63, 3.8) is 0 Å². The van der Waals surface area contributed by atoms with E-state index in [1.54, 1.807) is 53.8 Å². The second-order valence-corrected chi connectivity index (χ2v) is 6.97. The highest BCUT2D eigenvalue weighted by molar-refractivity contribution is 6.30. The van der Waals surface area contributed by atoms with Crippen LogP contribution in [0.25, 0.3) is 16.8 Å². The molecule has 5 nitrogen and oxygen atoms in total. The Labute approximate surface area is 176 Å². The fourth-order valence-corrected chi connectivity index (χ4v) is 3.30. The van der Waals surface area contributed by atoms with Crippen molar-refractivity contribution in [3.05, 3.63) is 94.7 Å². The molecule has 4 aromatic rings. The van der Waals surface area contributed by atoms with E-state index < -0.39 is 5.97 Å². The predicted octanol–water partition coefficient (Wildman–Crippen LogP) is 5.20. The van der Waals surface area contributed by atoms with Gasteiger partial charge in [-0.25, -0.2) is 14.2 Å². The molecule has 4 rings (SSSR count). The van der Waals surface area contributed by atoms with Gasteiger partial charge in [0.15, 0.2) is 0 Å². The normalized spacial score (nSPS) is 10.9. The number of halogens is 2. The number of esters is 1. The fraction of sp³-hybridized carbons (Fsp3) is 0.0870. The zero-order chi connectivity index (χ0) is 21.3. The second-order valence-electron chi connectivity index (χ2n) is 6.54. The van der Waals surface area contributed by atoms with Crippen LogP contribution in [-0.2, 0) is 4.74 Å². The summed E-state index contributed by atoms with van der Waals surface area (Å²) >= 11 is 5.91. The van der Waals surface area contributed by atoms with E-state index >= 15 is 0 Å². The maximum absolute atomic E-state index is 13.3. The molecule has 0 unspecified atom stereocenters. The van der Waals surface area contributed by atoms with Gasteiger partial charge < -0.3 is 4.74 Å². The van der Waals surface area contributed by atoms with E-state index in [0.29, 0.717) is 27.4 Å². The summed E-state index contributed by atoms with van der Waals surface area (Å²) in [6, 6.07) is 15.5. The molecular formula is C23H16ClFN2O3. The molecule has 0 N–H and O–H groups in total. The summed E-state index contributed by atoms with van der Waals surface area (Å²) in [6.07, 6.45) is 1.47. The number of aromatic nitrogens is 2. The molecule has 0 saturated heterocycles. The van der Waals surface area contributed by atoms with Crippen LogP contribution in [0.5, 0.6) is 0 Å². The second kappa shape index (κ2) is 8.08. The molecule has 150 valence electrons. The Morgan fingerprint density at radius 2 is 1.77 bits per heavy atom. The Morgan fingerprint density at radius 3 is 2.43 bits per heavy atom. The molecule has 2 aromatic heterocycles. The van der Waals surface area contributed by atoms with E-state index in [9.17, 15) is 14.0 Å². The SMILES string of the molecule is CCOC(=O)c1cc(C(=O)c2ccc(Cl)cc2)n2cnc(-c3ccc(F)cc3)cc12. The van der Waals surface area contributed by atoms with Gasteiger partial charge in [0.25, 0.3) is 0 Å². The molecule has 30 heavy (non-hydrogen) atoms. The lowest BCUT2D eigenvalue weighted by Crippen LogP contribution is -2.05. The van der Waals surface area contributed by atoms with Crippen LogP contribution in [0.2, 0.25) is 5.02 Å². The van der Waals surface area contributed by atoms with Crippen molar-refractivity contribution < 1.29 is 18.7 Å². The van der Waals surface area contributed by atoms with E-state index in [2.05, 4.69) is 4.98 Å². The summed E-state index contributed by atoms with van der Waals surface area (Å²) in [6.45, 7) is 1.91. The molecule has 0 bridgehead atoms. The van der Waals surface area contributed by atoms with Gasteiger partial charge in [0.2, 0.25) is 5.78 Å². The van der Waals surface area contributed by atoms with E-state index in [1.165, 1.54) is 24.5 Å². The Bertz CT molecular complexity index is 1250. The van der Waals surface area contributed by atoms with Gasteiger partial charge in [-0.05, 0) is 67.6 Å². The van der Waals surface area contributed by atoms with E-state index in [4.69, 9.17) is 16.3 Å². The average molecular weight is 423 g/mol. The van der Waals surface area contributed by atoms with Crippen molar-refractivity contribution in [2.75, 3.05) is 6.61 Å². The minimum absolute atomic E-state index is 0.201. The van der Waals surface area contributed by atoms with Gasteiger partial charge in [-0.2, -0.15) is 0 Å². The average Bonchev–Trinajstić information content (AvgIpc) is 3.13. The highest BCUT2D eigenvalue weighted by atomic mass is 35.5. The quantitative estimate of drug-likeness (QED) is 0.327. The van der Waals surface area contributed by atoms with Gasteiger partial charge in [0, 0.05) is 16.1 Å². The third kappa shape index (κ3) is 3.69. The van der Waals surface area contributed by atoms with Crippen molar-refractivity contribution in [3.8, 4) is 11.3 Å². The molecule has 0 atom stereocenters. The Kier molecular flexibility index (Phi) is 5.33. The minimum Gasteiger partial charge on any atom is -0.462 e. The van der Waals surface area contributed by atoms with Crippen LogP contribution in [0.15, 0.2) is 67.0 Å². The van der Waals surface area contributed by atoms with Gasteiger partial charge in [0.1, 0.15) is 12.1 Å². The third-order valence-corrected chi connectivity index (χ3v) is 4.89. The molecule has 0 amide bonds. The molecule has 0 aliphatic heterocycles. The van der Waals surface area contributed by atoms with Gasteiger partial charge in [-0.3, -0.25) is 9.20 Å². The highest BCUT2D eigenvalue weighted by Crippen LogP contribution is 2.25. The van der Waals surface area contributed by atoms with Gasteiger partial charge >= 0.3 is 5.97 Å². The van der Waals surface area contributed by atoms with Crippen LogP contribution in [-0.4, -0.2) is 27.7 Å². The summed E-state index contributed by atoms with van der Waals surface area (Å²) in [4.78, 5) is 30.0. The number of carbonyl (C=O) groups is 2. The molecule has 0 aliphatic carbocycles. The van der Waals surface area contributed by atoms with E-state index in [-0.39, 0.29) is 29.5 Å². The monoisotopic (exact) mass is 422 g/mol. The van der Waals surface area contributed by atoms with Crippen LogP contribution >= 0.6 is 11.6 Å². The maximum atomic E-state index is 13.3. The molecule has 0 aliphatic rings. The fourth-order valence-electron chi connectivity index (χ4n) is 3.17. The number of hydrogen-bond acceptors (Lipinski definition) is 4. The first-order chi connectivity index (χ1) is 14.5. The zero-order valence-corrected chi connectivity index (χ0v) is 16.7. The molecule has 0 radical (unpaired) electrons. The number of hydrogen-bond donors (Lipinski definition) is 0. The van der Waals surface area contributed by atoms with Crippen LogP contribution < -0.4 is 0 Å². The Balaban J connectivity index is 1.87. The van der Waals surface area contributed by atoms with E-state index in [1.807, 2.05) is 0 Å². The molecule has 0 fully saturated rings. The smallest absolute Gasteiger partial charge is 0.340 e. The van der Waals surface area contributed by atoms with Crippen LogP contribution in [0, 0.1) is 5.82 Å².